The summed E-state index contributed by atoms with van der Waals surface area (Å²) in [6.07, 6.45) is 0. The number of rotatable bonds is 5. The molecule has 8 heteroatoms. The van der Waals surface area contributed by atoms with Crippen molar-refractivity contribution in [1.29, 1.82) is 0 Å². The second-order valence-electron chi connectivity index (χ2n) is 6.51. The number of anilines is 1. The third kappa shape index (κ3) is 3.29. The summed E-state index contributed by atoms with van der Waals surface area (Å²) in [5.74, 6) is -1.88. The van der Waals surface area contributed by atoms with E-state index in [-0.39, 0.29) is 22.7 Å². The Balaban J connectivity index is 1.86. The van der Waals surface area contributed by atoms with Gasteiger partial charge in [-0.1, -0.05) is 26.0 Å². The van der Waals surface area contributed by atoms with Crippen LogP contribution in [0.25, 0.3) is 0 Å². The van der Waals surface area contributed by atoms with Crippen molar-refractivity contribution in [3.05, 3.63) is 69.8 Å². The number of amides is 3. The molecule has 3 amide bonds. The van der Waals surface area contributed by atoms with Crippen LogP contribution in [-0.2, 0) is 4.79 Å². The van der Waals surface area contributed by atoms with E-state index in [0.29, 0.717) is 5.69 Å². The molecular formula is C19H17N3O5. The standard InChI is InChI=1S/C19H17N3O5/c1-11(2)16(17(23)20-12-7-9-13(10-8-12)22(26)27)21-18(24)14-5-3-4-6-15(14)19(21)25/h3-11,16H,1-2H3,(H,20,23). The number of nitro benzene ring substituents is 1. The number of nitro groups is 1. The molecule has 0 aliphatic carbocycles. The first-order chi connectivity index (χ1) is 12.8. The molecule has 0 bridgehead atoms. The fraction of sp³-hybridized carbons (Fsp3) is 0.211. The molecule has 1 unspecified atom stereocenters. The van der Waals surface area contributed by atoms with Crippen molar-refractivity contribution in [3.63, 3.8) is 0 Å². The van der Waals surface area contributed by atoms with Crippen LogP contribution in [0.1, 0.15) is 34.6 Å². The van der Waals surface area contributed by atoms with Gasteiger partial charge in [0.15, 0.2) is 0 Å². The second kappa shape index (κ2) is 6.99. The first-order valence-electron chi connectivity index (χ1n) is 8.33. The zero-order chi connectivity index (χ0) is 19.7. The molecule has 0 radical (unpaired) electrons. The largest absolute Gasteiger partial charge is 0.324 e. The topological polar surface area (TPSA) is 110 Å². The van der Waals surface area contributed by atoms with Crippen molar-refractivity contribution in [1.82, 2.24) is 4.90 Å². The van der Waals surface area contributed by atoms with Gasteiger partial charge in [-0.2, -0.15) is 0 Å². The molecule has 1 aliphatic rings. The van der Waals surface area contributed by atoms with Crippen molar-refractivity contribution in [2.75, 3.05) is 5.32 Å². The Kier molecular flexibility index (Phi) is 4.72. The Morgan fingerprint density at radius 1 is 1.00 bits per heavy atom. The van der Waals surface area contributed by atoms with Crippen LogP contribution in [-0.4, -0.2) is 33.6 Å². The highest BCUT2D eigenvalue weighted by Gasteiger charge is 2.43. The molecule has 8 nitrogen and oxygen atoms in total. The van der Waals surface area contributed by atoms with E-state index < -0.39 is 28.7 Å². The molecule has 0 saturated carbocycles. The van der Waals surface area contributed by atoms with Crippen molar-refractivity contribution >= 4 is 29.1 Å². The number of benzene rings is 2. The lowest BCUT2D eigenvalue weighted by Crippen LogP contribution is -2.50. The van der Waals surface area contributed by atoms with Crippen LogP contribution >= 0.6 is 0 Å². The molecule has 27 heavy (non-hydrogen) atoms. The smallest absolute Gasteiger partial charge is 0.269 e. The number of hydrogen-bond acceptors (Lipinski definition) is 5. The lowest BCUT2D eigenvalue weighted by atomic mass is 10.0. The monoisotopic (exact) mass is 367 g/mol. The van der Waals surface area contributed by atoms with Crippen LogP contribution in [0.2, 0.25) is 0 Å². The molecule has 0 fully saturated rings. The van der Waals surface area contributed by atoms with Gasteiger partial charge in [-0.05, 0) is 30.2 Å². The minimum absolute atomic E-state index is 0.103. The number of nitrogens with one attached hydrogen (secondary N) is 1. The van der Waals surface area contributed by atoms with E-state index >= 15 is 0 Å². The molecule has 0 spiro atoms. The van der Waals surface area contributed by atoms with Crippen LogP contribution in [0.4, 0.5) is 11.4 Å². The molecule has 1 atom stereocenters. The lowest BCUT2D eigenvalue weighted by molar-refractivity contribution is -0.384. The molecule has 3 rings (SSSR count). The number of imide groups is 1. The van der Waals surface area contributed by atoms with E-state index in [4.69, 9.17) is 0 Å². The Hall–Kier alpha value is -3.55. The number of non-ortho nitro benzene ring substituents is 1. The highest BCUT2D eigenvalue weighted by atomic mass is 16.6. The third-order valence-corrected chi connectivity index (χ3v) is 4.35. The van der Waals surface area contributed by atoms with Crippen molar-refractivity contribution in [2.24, 2.45) is 5.92 Å². The molecule has 1 aliphatic heterocycles. The predicted octanol–water partition coefficient (Wildman–Crippen LogP) is 2.85. The van der Waals surface area contributed by atoms with Gasteiger partial charge < -0.3 is 5.32 Å². The summed E-state index contributed by atoms with van der Waals surface area (Å²) in [5.41, 5.74) is 0.786. The number of nitrogens with zero attached hydrogens (tertiary/aromatic N) is 2. The fourth-order valence-corrected chi connectivity index (χ4v) is 3.06. The van der Waals surface area contributed by atoms with Crippen LogP contribution in [0.3, 0.4) is 0 Å². The minimum Gasteiger partial charge on any atom is -0.324 e. The first-order valence-corrected chi connectivity index (χ1v) is 8.33. The van der Waals surface area contributed by atoms with E-state index in [9.17, 15) is 24.5 Å². The summed E-state index contributed by atoms with van der Waals surface area (Å²) in [6, 6.07) is 10.8. The van der Waals surface area contributed by atoms with Crippen molar-refractivity contribution in [3.8, 4) is 0 Å². The maximum absolute atomic E-state index is 12.8. The average Bonchev–Trinajstić information content (AvgIpc) is 2.88. The maximum Gasteiger partial charge on any atom is 0.269 e. The van der Waals surface area contributed by atoms with E-state index in [1.165, 1.54) is 24.3 Å². The first kappa shape index (κ1) is 18.2. The molecule has 1 heterocycles. The Morgan fingerprint density at radius 3 is 1.96 bits per heavy atom. The normalized spacial score (nSPS) is 14.3. The van der Waals surface area contributed by atoms with E-state index in [2.05, 4.69) is 5.32 Å². The zero-order valence-electron chi connectivity index (χ0n) is 14.7. The molecule has 138 valence electrons. The minimum atomic E-state index is -1.01. The number of carbonyl (C=O) groups is 3. The molecule has 2 aromatic rings. The van der Waals surface area contributed by atoms with Gasteiger partial charge in [0, 0.05) is 17.8 Å². The molecule has 1 N–H and O–H groups in total. The summed E-state index contributed by atoms with van der Waals surface area (Å²) in [5, 5.41) is 13.3. The van der Waals surface area contributed by atoms with Gasteiger partial charge >= 0.3 is 0 Å². The molecule has 2 aromatic carbocycles. The number of hydrogen-bond donors (Lipinski definition) is 1. The summed E-state index contributed by atoms with van der Waals surface area (Å²) in [7, 11) is 0. The Morgan fingerprint density at radius 2 is 1.52 bits per heavy atom. The molecule has 0 aromatic heterocycles. The van der Waals surface area contributed by atoms with Crippen LogP contribution in [0.5, 0.6) is 0 Å². The third-order valence-electron chi connectivity index (χ3n) is 4.35. The van der Waals surface area contributed by atoms with Gasteiger partial charge in [0.1, 0.15) is 6.04 Å². The highest BCUT2D eigenvalue weighted by Crippen LogP contribution is 2.28. The van der Waals surface area contributed by atoms with E-state index in [0.717, 1.165) is 4.90 Å². The van der Waals surface area contributed by atoms with E-state index in [1.807, 2.05) is 0 Å². The van der Waals surface area contributed by atoms with Crippen molar-refractivity contribution < 1.29 is 19.3 Å². The second-order valence-corrected chi connectivity index (χ2v) is 6.51. The number of carbonyl (C=O) groups excluding carboxylic acids is 3. The maximum atomic E-state index is 12.8. The Bertz CT molecular complexity index is 902. The quantitative estimate of drug-likeness (QED) is 0.496. The van der Waals surface area contributed by atoms with Gasteiger partial charge in [0.2, 0.25) is 5.91 Å². The van der Waals surface area contributed by atoms with Gasteiger partial charge in [-0.3, -0.25) is 29.4 Å². The van der Waals surface area contributed by atoms with Gasteiger partial charge in [-0.15, -0.1) is 0 Å². The average molecular weight is 367 g/mol. The van der Waals surface area contributed by atoms with Crippen LogP contribution in [0, 0.1) is 16.0 Å². The van der Waals surface area contributed by atoms with Crippen molar-refractivity contribution in [2.45, 2.75) is 19.9 Å². The summed E-state index contributed by atoms with van der Waals surface area (Å²) in [6.45, 7) is 3.48. The molecular weight excluding hydrogens is 350 g/mol. The zero-order valence-corrected chi connectivity index (χ0v) is 14.7. The van der Waals surface area contributed by atoms with Crippen LogP contribution < -0.4 is 5.32 Å². The van der Waals surface area contributed by atoms with Gasteiger partial charge in [0.05, 0.1) is 16.1 Å². The summed E-state index contributed by atoms with van der Waals surface area (Å²) < 4.78 is 0. The Labute approximate surface area is 154 Å². The number of fused-ring (bicyclic) bond motifs is 1. The molecule has 0 saturated heterocycles. The summed E-state index contributed by atoms with van der Waals surface area (Å²) >= 11 is 0. The van der Waals surface area contributed by atoms with Crippen LogP contribution in [0.15, 0.2) is 48.5 Å². The SMILES string of the molecule is CC(C)C(C(=O)Nc1ccc([N+](=O)[O-])cc1)N1C(=O)c2ccccc2C1=O. The van der Waals surface area contributed by atoms with Gasteiger partial charge in [-0.25, -0.2) is 0 Å². The van der Waals surface area contributed by atoms with Gasteiger partial charge in [0.25, 0.3) is 17.5 Å². The summed E-state index contributed by atoms with van der Waals surface area (Å²) in [4.78, 5) is 49.3. The lowest BCUT2D eigenvalue weighted by Gasteiger charge is -2.28. The van der Waals surface area contributed by atoms with E-state index in [1.54, 1.807) is 38.1 Å². The predicted molar refractivity (Wildman–Crippen MR) is 97.3 cm³/mol. The highest BCUT2D eigenvalue weighted by molar-refractivity contribution is 6.23. The fourth-order valence-electron chi connectivity index (χ4n) is 3.06.